The minimum absolute atomic E-state index is 0.0694. The molecular formula is C19H21F2NO3. The average molecular weight is 349 g/mol. The van der Waals surface area contributed by atoms with Crippen LogP contribution in [0.4, 0.5) is 8.78 Å². The Morgan fingerprint density at radius 3 is 2.68 bits per heavy atom. The molecule has 0 atom stereocenters. The second kappa shape index (κ2) is 9.01. The van der Waals surface area contributed by atoms with Crippen molar-refractivity contribution in [2.24, 2.45) is 0 Å². The third kappa shape index (κ3) is 6.41. The van der Waals surface area contributed by atoms with E-state index in [0.717, 1.165) is 16.9 Å². The molecule has 1 amide bonds. The van der Waals surface area contributed by atoms with E-state index in [1.807, 2.05) is 32.0 Å². The van der Waals surface area contributed by atoms with Gasteiger partial charge in [-0.3, -0.25) is 4.79 Å². The Morgan fingerprint density at radius 1 is 1.16 bits per heavy atom. The molecule has 2 aromatic rings. The lowest BCUT2D eigenvalue weighted by molar-refractivity contribution is -0.121. The molecule has 134 valence electrons. The monoisotopic (exact) mass is 349 g/mol. The molecule has 0 spiro atoms. The lowest BCUT2D eigenvalue weighted by Crippen LogP contribution is -2.24. The molecule has 1 N–H and O–H groups in total. The number of carbonyl (C=O) groups excluding carboxylic acids is 1. The van der Waals surface area contributed by atoms with Crippen LogP contribution in [-0.2, 0) is 11.3 Å². The molecule has 0 aromatic heterocycles. The van der Waals surface area contributed by atoms with Crippen LogP contribution >= 0.6 is 0 Å². The highest BCUT2D eigenvalue weighted by Gasteiger charge is 2.07. The summed E-state index contributed by atoms with van der Waals surface area (Å²) in [6.45, 7) is 1.60. The van der Waals surface area contributed by atoms with Crippen molar-refractivity contribution in [2.45, 2.75) is 33.4 Å². The number of halogens is 2. The van der Waals surface area contributed by atoms with E-state index in [2.05, 4.69) is 10.1 Å². The minimum Gasteiger partial charge on any atom is -0.493 e. The van der Waals surface area contributed by atoms with Gasteiger partial charge in [0.15, 0.2) is 0 Å². The van der Waals surface area contributed by atoms with Crippen LogP contribution in [0.15, 0.2) is 42.5 Å². The Hall–Kier alpha value is -2.63. The summed E-state index contributed by atoms with van der Waals surface area (Å²) in [5.41, 5.74) is 2.86. The zero-order valence-electron chi connectivity index (χ0n) is 14.2. The van der Waals surface area contributed by atoms with E-state index < -0.39 is 6.61 Å². The van der Waals surface area contributed by atoms with Crippen molar-refractivity contribution in [3.05, 3.63) is 59.2 Å². The van der Waals surface area contributed by atoms with E-state index in [-0.39, 0.29) is 31.2 Å². The second-order valence-electron chi connectivity index (χ2n) is 5.67. The predicted octanol–water partition coefficient (Wildman–Crippen LogP) is 3.99. The molecule has 2 rings (SSSR count). The quantitative estimate of drug-likeness (QED) is 0.784. The van der Waals surface area contributed by atoms with Crippen molar-refractivity contribution < 1.29 is 23.0 Å². The van der Waals surface area contributed by atoms with Crippen molar-refractivity contribution in [3.8, 4) is 11.5 Å². The molecule has 25 heavy (non-hydrogen) atoms. The summed E-state index contributed by atoms with van der Waals surface area (Å²) in [4.78, 5) is 11.9. The molecule has 0 saturated heterocycles. The summed E-state index contributed by atoms with van der Waals surface area (Å²) >= 11 is 0. The normalized spacial score (nSPS) is 10.6. The molecule has 2 aromatic carbocycles. The highest BCUT2D eigenvalue weighted by Crippen LogP contribution is 2.19. The van der Waals surface area contributed by atoms with Crippen LogP contribution in [0.5, 0.6) is 11.5 Å². The Morgan fingerprint density at radius 2 is 1.96 bits per heavy atom. The van der Waals surface area contributed by atoms with Crippen LogP contribution in [0.2, 0.25) is 0 Å². The Kier molecular flexibility index (Phi) is 6.74. The molecule has 0 unspecified atom stereocenters. The summed E-state index contributed by atoms with van der Waals surface area (Å²) in [5.74, 6) is 0.653. The summed E-state index contributed by atoms with van der Waals surface area (Å²) in [7, 11) is 0. The first-order valence-corrected chi connectivity index (χ1v) is 7.94. The number of ether oxygens (including phenoxy) is 2. The molecule has 0 heterocycles. The highest BCUT2D eigenvalue weighted by molar-refractivity contribution is 5.76. The first kappa shape index (κ1) is 18.7. The Balaban J connectivity index is 1.75. The molecular weight excluding hydrogens is 328 g/mol. The van der Waals surface area contributed by atoms with Gasteiger partial charge in [0.05, 0.1) is 13.0 Å². The topological polar surface area (TPSA) is 47.6 Å². The van der Waals surface area contributed by atoms with Crippen LogP contribution < -0.4 is 14.8 Å². The summed E-state index contributed by atoms with van der Waals surface area (Å²) in [5, 5.41) is 2.73. The average Bonchev–Trinajstić information content (AvgIpc) is 2.55. The van der Waals surface area contributed by atoms with Gasteiger partial charge in [-0.15, -0.1) is 0 Å². The maximum absolute atomic E-state index is 12.2. The zero-order valence-corrected chi connectivity index (χ0v) is 14.2. The van der Waals surface area contributed by atoms with Gasteiger partial charge in [-0.25, -0.2) is 0 Å². The number of rotatable bonds is 8. The largest absolute Gasteiger partial charge is 0.493 e. The van der Waals surface area contributed by atoms with Crippen LogP contribution in [0.1, 0.15) is 23.1 Å². The Labute approximate surface area is 145 Å². The van der Waals surface area contributed by atoms with Gasteiger partial charge in [0.25, 0.3) is 0 Å². The van der Waals surface area contributed by atoms with Gasteiger partial charge in [0.2, 0.25) is 5.91 Å². The maximum Gasteiger partial charge on any atom is 0.387 e. The predicted molar refractivity (Wildman–Crippen MR) is 90.9 cm³/mol. The number of carbonyl (C=O) groups is 1. The third-order valence-electron chi connectivity index (χ3n) is 3.53. The van der Waals surface area contributed by atoms with Gasteiger partial charge in [0, 0.05) is 6.54 Å². The lowest BCUT2D eigenvalue weighted by atomic mass is 10.1. The van der Waals surface area contributed by atoms with E-state index in [4.69, 9.17) is 4.74 Å². The molecule has 0 aliphatic rings. The fourth-order valence-electron chi connectivity index (χ4n) is 2.34. The van der Waals surface area contributed by atoms with Crippen LogP contribution in [0.25, 0.3) is 0 Å². The van der Waals surface area contributed by atoms with Crippen molar-refractivity contribution in [1.29, 1.82) is 0 Å². The number of nitrogens with one attached hydrogen (secondary N) is 1. The van der Waals surface area contributed by atoms with Crippen molar-refractivity contribution in [1.82, 2.24) is 5.32 Å². The van der Waals surface area contributed by atoms with Crippen molar-refractivity contribution in [2.75, 3.05) is 6.61 Å². The highest BCUT2D eigenvalue weighted by atomic mass is 19.3. The fourth-order valence-corrected chi connectivity index (χ4v) is 2.34. The van der Waals surface area contributed by atoms with Gasteiger partial charge in [-0.1, -0.05) is 29.8 Å². The maximum atomic E-state index is 12.2. The first-order valence-electron chi connectivity index (χ1n) is 7.94. The number of benzene rings is 2. The van der Waals surface area contributed by atoms with E-state index in [0.29, 0.717) is 5.56 Å². The molecule has 0 saturated carbocycles. The van der Waals surface area contributed by atoms with Crippen molar-refractivity contribution in [3.63, 3.8) is 0 Å². The molecule has 6 heteroatoms. The van der Waals surface area contributed by atoms with E-state index in [9.17, 15) is 13.6 Å². The summed E-state index contributed by atoms with van der Waals surface area (Å²) in [6, 6.07) is 12.1. The lowest BCUT2D eigenvalue weighted by Gasteiger charge is -2.10. The van der Waals surface area contributed by atoms with E-state index in [1.54, 1.807) is 12.1 Å². The number of hydrogen-bond donors (Lipinski definition) is 1. The first-order chi connectivity index (χ1) is 11.9. The SMILES string of the molecule is Cc1ccc(OCCC(=O)NCc2cccc(OC(F)F)c2)c(C)c1. The van der Waals surface area contributed by atoms with Gasteiger partial charge in [0.1, 0.15) is 11.5 Å². The molecule has 0 aliphatic heterocycles. The molecule has 0 bridgehead atoms. The second-order valence-corrected chi connectivity index (χ2v) is 5.67. The van der Waals surface area contributed by atoms with Crippen LogP contribution in [0.3, 0.4) is 0 Å². The standard InChI is InChI=1S/C19H21F2NO3/c1-13-6-7-17(14(2)10-13)24-9-8-18(23)22-12-15-4-3-5-16(11-15)25-19(20)21/h3-7,10-11,19H,8-9,12H2,1-2H3,(H,22,23). The third-order valence-corrected chi connectivity index (χ3v) is 3.53. The number of aryl methyl sites for hydroxylation is 2. The van der Waals surface area contributed by atoms with Gasteiger partial charge in [-0.2, -0.15) is 8.78 Å². The van der Waals surface area contributed by atoms with E-state index in [1.165, 1.54) is 12.1 Å². The smallest absolute Gasteiger partial charge is 0.387 e. The molecule has 0 fully saturated rings. The molecule has 0 radical (unpaired) electrons. The Bertz CT molecular complexity index is 720. The molecule has 0 aliphatic carbocycles. The van der Waals surface area contributed by atoms with Gasteiger partial charge >= 0.3 is 6.61 Å². The fraction of sp³-hybridized carbons (Fsp3) is 0.316. The summed E-state index contributed by atoms with van der Waals surface area (Å²) < 4.78 is 34.3. The zero-order chi connectivity index (χ0) is 18.2. The van der Waals surface area contributed by atoms with Gasteiger partial charge in [-0.05, 0) is 43.2 Å². The summed E-state index contributed by atoms with van der Waals surface area (Å²) in [6.07, 6.45) is 0.209. The number of hydrogen-bond acceptors (Lipinski definition) is 3. The van der Waals surface area contributed by atoms with Gasteiger partial charge < -0.3 is 14.8 Å². The number of alkyl halides is 2. The molecule has 4 nitrogen and oxygen atoms in total. The van der Waals surface area contributed by atoms with E-state index >= 15 is 0 Å². The number of amides is 1. The minimum atomic E-state index is -2.87. The van der Waals surface area contributed by atoms with Crippen molar-refractivity contribution >= 4 is 5.91 Å². The van der Waals surface area contributed by atoms with Crippen LogP contribution in [0, 0.1) is 13.8 Å². The van der Waals surface area contributed by atoms with Crippen LogP contribution in [-0.4, -0.2) is 19.1 Å².